The second-order valence-electron chi connectivity index (χ2n) is 5.55. The number of nitrogens with zero attached hydrogens (tertiary/aromatic N) is 2. The molecule has 1 aromatic heterocycles. The Labute approximate surface area is 121 Å². The van der Waals surface area contributed by atoms with Gasteiger partial charge in [0.05, 0.1) is 6.54 Å². The van der Waals surface area contributed by atoms with Crippen molar-refractivity contribution in [3.8, 4) is 0 Å². The van der Waals surface area contributed by atoms with Gasteiger partial charge in [0.25, 0.3) is 0 Å². The van der Waals surface area contributed by atoms with Crippen LogP contribution < -0.4 is 10.6 Å². The van der Waals surface area contributed by atoms with Gasteiger partial charge < -0.3 is 15.2 Å². The van der Waals surface area contributed by atoms with E-state index in [0.29, 0.717) is 12.6 Å². The molecule has 5 nitrogen and oxygen atoms in total. The maximum atomic E-state index is 12.1. The van der Waals surface area contributed by atoms with Crippen LogP contribution in [0.1, 0.15) is 51.3 Å². The fraction of sp³-hybridized carbons (Fsp3) is 0.733. The summed E-state index contributed by atoms with van der Waals surface area (Å²) in [5.41, 5.74) is 0. The molecule has 0 saturated heterocycles. The van der Waals surface area contributed by atoms with Crippen molar-refractivity contribution in [2.45, 2.75) is 64.6 Å². The Morgan fingerprint density at radius 1 is 1.40 bits per heavy atom. The Kier molecular flexibility index (Phi) is 6.05. The van der Waals surface area contributed by atoms with Gasteiger partial charge in [0.2, 0.25) is 5.91 Å². The quantitative estimate of drug-likeness (QED) is 0.748. The van der Waals surface area contributed by atoms with Crippen LogP contribution >= 0.6 is 0 Å². The van der Waals surface area contributed by atoms with E-state index >= 15 is 0 Å². The van der Waals surface area contributed by atoms with Gasteiger partial charge >= 0.3 is 0 Å². The molecule has 1 aromatic rings. The van der Waals surface area contributed by atoms with Gasteiger partial charge in [-0.25, -0.2) is 4.98 Å². The van der Waals surface area contributed by atoms with Gasteiger partial charge in [0.15, 0.2) is 0 Å². The minimum Gasteiger partial charge on any atom is -0.352 e. The SMILES string of the molecule is CCCNCc1nccn1CC(=O)NC1CCCCC1. The molecule has 0 unspecified atom stereocenters. The van der Waals surface area contributed by atoms with Crippen LogP contribution in [0.4, 0.5) is 0 Å². The minimum absolute atomic E-state index is 0.103. The van der Waals surface area contributed by atoms with E-state index in [4.69, 9.17) is 0 Å². The van der Waals surface area contributed by atoms with Gasteiger partial charge in [-0.05, 0) is 25.8 Å². The van der Waals surface area contributed by atoms with Gasteiger partial charge in [-0.1, -0.05) is 26.2 Å². The summed E-state index contributed by atoms with van der Waals surface area (Å²) in [4.78, 5) is 16.4. The molecule has 1 aliphatic rings. The van der Waals surface area contributed by atoms with E-state index in [1.807, 2.05) is 10.8 Å². The van der Waals surface area contributed by atoms with Gasteiger partial charge in [-0.2, -0.15) is 0 Å². The largest absolute Gasteiger partial charge is 0.352 e. The molecule has 1 saturated carbocycles. The molecule has 1 aliphatic carbocycles. The van der Waals surface area contributed by atoms with Crippen molar-refractivity contribution in [1.29, 1.82) is 0 Å². The fourth-order valence-corrected chi connectivity index (χ4v) is 2.70. The predicted octanol–water partition coefficient (Wildman–Crippen LogP) is 1.83. The highest BCUT2D eigenvalue weighted by Gasteiger charge is 2.16. The third-order valence-corrected chi connectivity index (χ3v) is 3.80. The molecule has 1 fully saturated rings. The molecule has 1 amide bonds. The summed E-state index contributed by atoms with van der Waals surface area (Å²) < 4.78 is 1.93. The van der Waals surface area contributed by atoms with Crippen molar-refractivity contribution in [3.05, 3.63) is 18.2 Å². The molecular formula is C15H26N4O. The number of hydrogen-bond acceptors (Lipinski definition) is 3. The summed E-state index contributed by atoms with van der Waals surface area (Å²) in [6.07, 6.45) is 10.8. The molecule has 2 rings (SSSR count). The number of rotatable bonds is 7. The zero-order valence-corrected chi connectivity index (χ0v) is 12.4. The average molecular weight is 278 g/mol. The third kappa shape index (κ3) is 4.63. The summed E-state index contributed by atoms with van der Waals surface area (Å²) in [5.74, 6) is 1.03. The van der Waals surface area contributed by atoms with Crippen molar-refractivity contribution in [2.24, 2.45) is 0 Å². The van der Waals surface area contributed by atoms with Crippen molar-refractivity contribution >= 4 is 5.91 Å². The standard InChI is InChI=1S/C15H26N4O/c1-2-8-16-11-14-17-9-10-19(14)12-15(20)18-13-6-4-3-5-7-13/h9-10,13,16H,2-8,11-12H2,1H3,(H,18,20). The number of hydrogen-bond donors (Lipinski definition) is 2. The zero-order valence-electron chi connectivity index (χ0n) is 12.4. The molecule has 0 spiro atoms. The Morgan fingerprint density at radius 3 is 2.95 bits per heavy atom. The van der Waals surface area contributed by atoms with E-state index in [2.05, 4.69) is 22.5 Å². The first-order chi connectivity index (χ1) is 9.79. The van der Waals surface area contributed by atoms with Crippen molar-refractivity contribution in [1.82, 2.24) is 20.2 Å². The molecule has 0 aliphatic heterocycles. The maximum Gasteiger partial charge on any atom is 0.240 e. The average Bonchev–Trinajstić information content (AvgIpc) is 2.87. The van der Waals surface area contributed by atoms with E-state index in [1.54, 1.807) is 6.20 Å². The molecule has 0 radical (unpaired) electrons. The molecule has 0 aromatic carbocycles. The van der Waals surface area contributed by atoms with Crippen LogP contribution in [0.5, 0.6) is 0 Å². The maximum absolute atomic E-state index is 12.1. The van der Waals surface area contributed by atoms with Crippen molar-refractivity contribution in [3.63, 3.8) is 0 Å². The molecule has 112 valence electrons. The van der Waals surface area contributed by atoms with Gasteiger partial charge in [-0.15, -0.1) is 0 Å². The number of carbonyl (C=O) groups is 1. The molecule has 2 N–H and O–H groups in total. The lowest BCUT2D eigenvalue weighted by Gasteiger charge is -2.23. The van der Waals surface area contributed by atoms with Crippen LogP contribution in [-0.4, -0.2) is 28.0 Å². The molecule has 20 heavy (non-hydrogen) atoms. The molecule has 0 atom stereocenters. The lowest BCUT2D eigenvalue weighted by molar-refractivity contribution is -0.122. The second kappa shape index (κ2) is 8.04. The zero-order chi connectivity index (χ0) is 14.2. The second-order valence-corrected chi connectivity index (χ2v) is 5.55. The summed E-state index contributed by atoms with van der Waals surface area (Å²) in [6.45, 7) is 4.20. The van der Waals surface area contributed by atoms with Crippen LogP contribution in [0, 0.1) is 0 Å². The molecule has 0 bridgehead atoms. The highest BCUT2D eigenvalue weighted by atomic mass is 16.2. The van der Waals surface area contributed by atoms with E-state index in [-0.39, 0.29) is 5.91 Å². The van der Waals surface area contributed by atoms with Gasteiger partial charge in [0.1, 0.15) is 12.4 Å². The van der Waals surface area contributed by atoms with E-state index in [0.717, 1.165) is 38.2 Å². The Balaban J connectivity index is 1.79. The molecule has 1 heterocycles. The monoisotopic (exact) mass is 278 g/mol. The molecule has 5 heteroatoms. The minimum atomic E-state index is 0.103. The number of carbonyl (C=O) groups excluding carboxylic acids is 1. The highest BCUT2D eigenvalue weighted by molar-refractivity contribution is 5.76. The number of aromatic nitrogens is 2. The normalized spacial score (nSPS) is 16.2. The summed E-state index contributed by atoms with van der Waals surface area (Å²) >= 11 is 0. The first-order valence-corrected chi connectivity index (χ1v) is 7.79. The lowest BCUT2D eigenvalue weighted by atomic mass is 9.95. The summed E-state index contributed by atoms with van der Waals surface area (Å²) in [7, 11) is 0. The topological polar surface area (TPSA) is 59.0 Å². The first kappa shape index (κ1) is 15.0. The predicted molar refractivity (Wildman–Crippen MR) is 79.2 cm³/mol. The fourth-order valence-electron chi connectivity index (χ4n) is 2.70. The van der Waals surface area contributed by atoms with E-state index in [9.17, 15) is 4.79 Å². The number of amides is 1. The third-order valence-electron chi connectivity index (χ3n) is 3.80. The van der Waals surface area contributed by atoms with Crippen LogP contribution in [0.25, 0.3) is 0 Å². The Hall–Kier alpha value is -1.36. The van der Waals surface area contributed by atoms with Gasteiger partial charge in [-0.3, -0.25) is 4.79 Å². The smallest absolute Gasteiger partial charge is 0.240 e. The lowest BCUT2D eigenvalue weighted by Crippen LogP contribution is -2.38. The number of nitrogens with one attached hydrogen (secondary N) is 2. The Bertz CT molecular complexity index is 410. The van der Waals surface area contributed by atoms with Crippen molar-refractivity contribution in [2.75, 3.05) is 6.54 Å². The van der Waals surface area contributed by atoms with Crippen LogP contribution in [-0.2, 0) is 17.9 Å². The molecular weight excluding hydrogens is 252 g/mol. The first-order valence-electron chi connectivity index (χ1n) is 7.79. The number of imidazole rings is 1. The Morgan fingerprint density at radius 2 is 2.20 bits per heavy atom. The summed E-state index contributed by atoms with van der Waals surface area (Å²) in [6, 6.07) is 0.376. The van der Waals surface area contributed by atoms with Crippen molar-refractivity contribution < 1.29 is 4.79 Å². The van der Waals surface area contributed by atoms with Crippen LogP contribution in [0.3, 0.4) is 0 Å². The van der Waals surface area contributed by atoms with Crippen LogP contribution in [0.15, 0.2) is 12.4 Å². The summed E-state index contributed by atoms with van der Waals surface area (Å²) in [5, 5.41) is 6.46. The highest BCUT2D eigenvalue weighted by Crippen LogP contribution is 2.17. The van der Waals surface area contributed by atoms with Crippen LogP contribution in [0.2, 0.25) is 0 Å². The van der Waals surface area contributed by atoms with Gasteiger partial charge in [0, 0.05) is 18.4 Å². The van der Waals surface area contributed by atoms with E-state index < -0.39 is 0 Å². The van der Waals surface area contributed by atoms with E-state index in [1.165, 1.54) is 19.3 Å².